The lowest BCUT2D eigenvalue weighted by atomic mass is 10.00. The van der Waals surface area contributed by atoms with Gasteiger partial charge in [0, 0.05) is 9.50 Å². The van der Waals surface area contributed by atoms with E-state index in [1.54, 1.807) is 0 Å². The molecule has 0 aliphatic carbocycles. The predicted octanol–water partition coefficient (Wildman–Crippen LogP) is 3.04. The maximum absolute atomic E-state index is 6.23. The van der Waals surface area contributed by atoms with E-state index in [0.29, 0.717) is 6.10 Å². The molecule has 18 heavy (non-hydrogen) atoms. The first-order valence-electron chi connectivity index (χ1n) is 6.15. The Bertz CT molecular complexity index is 416. The van der Waals surface area contributed by atoms with Crippen molar-refractivity contribution in [3.05, 3.63) is 33.3 Å². The molecule has 3 unspecified atom stereocenters. The summed E-state index contributed by atoms with van der Waals surface area (Å²) in [6, 6.07) is 6.03. The monoisotopic (exact) mass is 332 g/mol. The average molecular weight is 334 g/mol. The molecular weight excluding hydrogens is 316 g/mol. The maximum Gasteiger partial charge on any atom is 0.0749 e. The van der Waals surface area contributed by atoms with Crippen LogP contribution in [0.3, 0.4) is 0 Å². The number of nitrogens with one attached hydrogen (secondary N) is 1. The summed E-state index contributed by atoms with van der Waals surface area (Å²) in [5, 5.41) is 0.760. The summed E-state index contributed by atoms with van der Waals surface area (Å²) in [6.07, 6.45) is 3.41. The van der Waals surface area contributed by atoms with Crippen LogP contribution in [0, 0.1) is 0 Å². The van der Waals surface area contributed by atoms with Crippen LogP contribution in [0.4, 0.5) is 0 Å². The zero-order valence-corrected chi connectivity index (χ0v) is 12.7. The zero-order valence-electron chi connectivity index (χ0n) is 10.3. The fraction of sp³-hybridized carbons (Fsp3) is 0.538. The molecule has 1 heterocycles. The lowest BCUT2D eigenvalue weighted by Gasteiger charge is -2.23. The third-order valence-electron chi connectivity index (χ3n) is 3.38. The predicted molar refractivity (Wildman–Crippen MR) is 77.5 cm³/mol. The van der Waals surface area contributed by atoms with Crippen LogP contribution < -0.4 is 11.3 Å². The minimum atomic E-state index is 0.105. The minimum Gasteiger partial charge on any atom is -0.374 e. The van der Waals surface area contributed by atoms with Crippen molar-refractivity contribution in [3.63, 3.8) is 0 Å². The largest absolute Gasteiger partial charge is 0.374 e. The minimum absolute atomic E-state index is 0.105. The van der Waals surface area contributed by atoms with Gasteiger partial charge in [0.15, 0.2) is 0 Å². The van der Waals surface area contributed by atoms with Crippen molar-refractivity contribution in [1.29, 1.82) is 0 Å². The van der Waals surface area contributed by atoms with Gasteiger partial charge in [-0.2, -0.15) is 0 Å². The van der Waals surface area contributed by atoms with Crippen molar-refractivity contribution in [2.45, 2.75) is 44.4 Å². The van der Waals surface area contributed by atoms with Gasteiger partial charge in [-0.15, -0.1) is 0 Å². The van der Waals surface area contributed by atoms with Gasteiger partial charge >= 0.3 is 0 Å². The summed E-state index contributed by atoms with van der Waals surface area (Å²) in [5.41, 5.74) is 3.95. The van der Waals surface area contributed by atoms with E-state index in [-0.39, 0.29) is 12.1 Å². The second-order valence-corrected chi connectivity index (χ2v) is 6.10. The molecule has 0 bridgehead atoms. The van der Waals surface area contributed by atoms with Gasteiger partial charge in [0.2, 0.25) is 0 Å². The highest BCUT2D eigenvalue weighted by Crippen LogP contribution is 2.26. The molecule has 0 saturated carbocycles. The molecular formula is C13H18BrClN2O. The van der Waals surface area contributed by atoms with Gasteiger partial charge in [-0.25, -0.2) is 0 Å². The number of ether oxygens (including phenoxy) is 1. The fourth-order valence-corrected chi connectivity index (χ4v) is 3.10. The summed E-state index contributed by atoms with van der Waals surface area (Å²) < 4.78 is 6.84. The molecule has 5 heteroatoms. The highest BCUT2D eigenvalue weighted by Gasteiger charge is 2.29. The molecule has 2 rings (SSSR count). The quantitative estimate of drug-likeness (QED) is 0.657. The van der Waals surface area contributed by atoms with Gasteiger partial charge in [-0.1, -0.05) is 33.6 Å². The number of rotatable bonds is 4. The molecule has 0 radical (unpaired) electrons. The Hall–Kier alpha value is -0.130. The van der Waals surface area contributed by atoms with Crippen molar-refractivity contribution >= 4 is 27.5 Å². The van der Waals surface area contributed by atoms with Gasteiger partial charge in [0.25, 0.3) is 0 Å². The third-order valence-corrected chi connectivity index (χ3v) is 4.23. The molecule has 1 fully saturated rings. The van der Waals surface area contributed by atoms with E-state index in [0.717, 1.165) is 34.3 Å². The SMILES string of the molecule is CC1CCC(C(Cc2ccc(Br)cc2Cl)NN)O1. The molecule has 0 aromatic heterocycles. The summed E-state index contributed by atoms with van der Waals surface area (Å²) in [7, 11) is 0. The van der Waals surface area contributed by atoms with Crippen LogP contribution in [0.2, 0.25) is 5.02 Å². The Balaban J connectivity index is 2.05. The van der Waals surface area contributed by atoms with E-state index >= 15 is 0 Å². The van der Waals surface area contributed by atoms with Crippen LogP contribution in [0.1, 0.15) is 25.3 Å². The van der Waals surface area contributed by atoms with Crippen LogP contribution in [-0.2, 0) is 11.2 Å². The number of halogens is 2. The first-order valence-corrected chi connectivity index (χ1v) is 7.32. The Morgan fingerprint density at radius 2 is 2.33 bits per heavy atom. The van der Waals surface area contributed by atoms with Crippen molar-refractivity contribution < 1.29 is 4.74 Å². The van der Waals surface area contributed by atoms with Crippen molar-refractivity contribution in [2.75, 3.05) is 0 Å². The Morgan fingerprint density at radius 1 is 1.56 bits per heavy atom. The molecule has 1 aliphatic rings. The van der Waals surface area contributed by atoms with Gasteiger partial charge in [-0.05, 0) is 43.9 Å². The highest BCUT2D eigenvalue weighted by atomic mass is 79.9. The number of benzene rings is 1. The topological polar surface area (TPSA) is 47.3 Å². The van der Waals surface area contributed by atoms with Gasteiger partial charge in [-0.3, -0.25) is 11.3 Å². The first-order chi connectivity index (χ1) is 8.60. The molecule has 1 aromatic carbocycles. The van der Waals surface area contributed by atoms with Gasteiger partial charge in [0.1, 0.15) is 0 Å². The van der Waals surface area contributed by atoms with E-state index in [1.165, 1.54) is 0 Å². The second-order valence-electron chi connectivity index (χ2n) is 4.78. The lowest BCUT2D eigenvalue weighted by molar-refractivity contribution is 0.0320. The summed E-state index contributed by atoms with van der Waals surface area (Å²) in [6.45, 7) is 2.10. The van der Waals surface area contributed by atoms with Crippen LogP contribution >= 0.6 is 27.5 Å². The van der Waals surface area contributed by atoms with Gasteiger partial charge in [0.05, 0.1) is 18.2 Å². The molecule has 3 nitrogen and oxygen atoms in total. The van der Waals surface area contributed by atoms with E-state index in [2.05, 4.69) is 28.3 Å². The molecule has 3 atom stereocenters. The first kappa shape index (κ1) is 14.3. The third kappa shape index (κ3) is 3.45. The van der Waals surface area contributed by atoms with Crippen LogP contribution in [0.25, 0.3) is 0 Å². The van der Waals surface area contributed by atoms with Crippen LogP contribution in [0.15, 0.2) is 22.7 Å². The molecule has 0 amide bonds. The number of nitrogens with two attached hydrogens (primary N) is 1. The summed E-state index contributed by atoms with van der Waals surface area (Å²) >= 11 is 9.63. The van der Waals surface area contributed by atoms with E-state index in [1.807, 2.05) is 18.2 Å². The normalized spacial score (nSPS) is 25.3. The van der Waals surface area contributed by atoms with Crippen molar-refractivity contribution in [1.82, 2.24) is 5.43 Å². The van der Waals surface area contributed by atoms with Crippen LogP contribution in [-0.4, -0.2) is 18.2 Å². The van der Waals surface area contributed by atoms with E-state index in [4.69, 9.17) is 22.2 Å². The second kappa shape index (κ2) is 6.35. The van der Waals surface area contributed by atoms with E-state index < -0.39 is 0 Å². The Morgan fingerprint density at radius 3 is 2.89 bits per heavy atom. The number of hydrogen-bond acceptors (Lipinski definition) is 3. The molecule has 1 aromatic rings. The summed E-state index contributed by atoms with van der Waals surface area (Å²) in [4.78, 5) is 0. The Labute approximate surface area is 121 Å². The number of hydrazine groups is 1. The van der Waals surface area contributed by atoms with E-state index in [9.17, 15) is 0 Å². The fourth-order valence-electron chi connectivity index (χ4n) is 2.35. The molecule has 1 saturated heterocycles. The average Bonchev–Trinajstić information content (AvgIpc) is 2.75. The summed E-state index contributed by atoms with van der Waals surface area (Å²) in [5.74, 6) is 5.64. The molecule has 1 aliphatic heterocycles. The van der Waals surface area contributed by atoms with Crippen LogP contribution in [0.5, 0.6) is 0 Å². The number of hydrogen-bond donors (Lipinski definition) is 2. The van der Waals surface area contributed by atoms with Gasteiger partial charge < -0.3 is 4.74 Å². The molecule has 100 valence electrons. The lowest BCUT2D eigenvalue weighted by Crippen LogP contribution is -2.45. The maximum atomic E-state index is 6.23. The Kier molecular flexibility index (Phi) is 5.04. The molecule has 3 N–H and O–H groups in total. The molecule has 0 spiro atoms. The van der Waals surface area contributed by atoms with Crippen molar-refractivity contribution in [3.8, 4) is 0 Å². The standard InChI is InChI=1S/C13H18BrClN2O/c1-8-2-5-13(18-8)12(17-16)6-9-3-4-10(14)7-11(9)15/h3-4,7-8,12-13,17H,2,5-6,16H2,1H3. The zero-order chi connectivity index (χ0) is 13.1. The highest BCUT2D eigenvalue weighted by molar-refractivity contribution is 9.10. The van der Waals surface area contributed by atoms with Crippen molar-refractivity contribution in [2.24, 2.45) is 5.84 Å². The smallest absolute Gasteiger partial charge is 0.0749 e.